The van der Waals surface area contributed by atoms with E-state index >= 15 is 0 Å². The second kappa shape index (κ2) is 2.46. The van der Waals surface area contributed by atoms with Crippen LogP contribution >= 0.6 is 0 Å². The van der Waals surface area contributed by atoms with E-state index in [2.05, 4.69) is 0 Å². The average Bonchev–Trinajstić information content (AvgIpc) is 1.84. The summed E-state index contributed by atoms with van der Waals surface area (Å²) in [5, 5.41) is 1.13. The standard InChI is InChI=1S/C7H14N2O2/c1-7(2,3)11-6-4-5(10)9(6)8/h6H,4,8H2,1-3H3. The molecule has 64 valence electrons. The summed E-state index contributed by atoms with van der Waals surface area (Å²) >= 11 is 0. The topological polar surface area (TPSA) is 55.6 Å². The molecule has 11 heavy (non-hydrogen) atoms. The van der Waals surface area contributed by atoms with E-state index in [9.17, 15) is 4.79 Å². The highest BCUT2D eigenvalue weighted by Crippen LogP contribution is 2.21. The highest BCUT2D eigenvalue weighted by molar-refractivity contribution is 5.81. The Morgan fingerprint density at radius 3 is 2.45 bits per heavy atom. The van der Waals surface area contributed by atoms with E-state index in [-0.39, 0.29) is 17.7 Å². The number of ether oxygens (including phenoxy) is 1. The van der Waals surface area contributed by atoms with Gasteiger partial charge in [0.15, 0.2) is 6.23 Å². The van der Waals surface area contributed by atoms with E-state index in [0.717, 1.165) is 5.01 Å². The number of hydrogen-bond donors (Lipinski definition) is 1. The second-order valence-corrected chi connectivity index (χ2v) is 3.69. The van der Waals surface area contributed by atoms with Crippen molar-refractivity contribution in [2.75, 3.05) is 0 Å². The quantitative estimate of drug-likeness (QED) is 0.338. The molecule has 1 aliphatic rings. The maximum Gasteiger partial charge on any atom is 0.243 e. The van der Waals surface area contributed by atoms with Gasteiger partial charge in [-0.1, -0.05) is 0 Å². The molecule has 1 heterocycles. The monoisotopic (exact) mass is 158 g/mol. The van der Waals surface area contributed by atoms with Gasteiger partial charge < -0.3 is 4.74 Å². The van der Waals surface area contributed by atoms with Crippen LogP contribution in [0.1, 0.15) is 27.2 Å². The number of hydrogen-bond acceptors (Lipinski definition) is 3. The lowest BCUT2D eigenvalue weighted by Gasteiger charge is -2.39. The summed E-state index contributed by atoms with van der Waals surface area (Å²) in [6.45, 7) is 5.80. The lowest BCUT2D eigenvalue weighted by atomic mass is 10.1. The average molecular weight is 158 g/mol. The van der Waals surface area contributed by atoms with Crippen LogP contribution in [0.3, 0.4) is 0 Å². The molecule has 0 aromatic rings. The normalized spacial score (nSPS) is 25.3. The minimum Gasteiger partial charge on any atom is -0.351 e. The molecule has 1 amide bonds. The number of nitrogens with two attached hydrogens (primary N) is 1. The van der Waals surface area contributed by atoms with Gasteiger partial charge in [0.05, 0.1) is 12.0 Å². The van der Waals surface area contributed by atoms with Gasteiger partial charge in [0.25, 0.3) is 0 Å². The molecule has 1 atom stereocenters. The highest BCUT2D eigenvalue weighted by Gasteiger charge is 2.37. The number of rotatable bonds is 1. The molecule has 0 saturated carbocycles. The van der Waals surface area contributed by atoms with Crippen LogP contribution < -0.4 is 5.84 Å². The number of nitrogens with zero attached hydrogens (tertiary/aromatic N) is 1. The minimum absolute atomic E-state index is 0.0562. The van der Waals surface area contributed by atoms with E-state index in [1.165, 1.54) is 0 Å². The fourth-order valence-electron chi connectivity index (χ4n) is 0.908. The Balaban J connectivity index is 2.36. The van der Waals surface area contributed by atoms with Crippen LogP contribution in [-0.2, 0) is 9.53 Å². The Morgan fingerprint density at radius 1 is 1.64 bits per heavy atom. The van der Waals surface area contributed by atoms with Crippen molar-refractivity contribution < 1.29 is 9.53 Å². The number of amides is 1. The van der Waals surface area contributed by atoms with Gasteiger partial charge in [0.2, 0.25) is 5.91 Å². The van der Waals surface area contributed by atoms with Crippen LogP contribution in [-0.4, -0.2) is 22.7 Å². The first-order chi connectivity index (χ1) is 4.90. The molecular weight excluding hydrogens is 144 g/mol. The largest absolute Gasteiger partial charge is 0.351 e. The van der Waals surface area contributed by atoms with E-state index in [1.807, 2.05) is 20.8 Å². The van der Waals surface area contributed by atoms with Crippen LogP contribution in [0.4, 0.5) is 0 Å². The Hall–Kier alpha value is -0.610. The third kappa shape index (κ3) is 1.91. The molecule has 1 saturated heterocycles. The second-order valence-electron chi connectivity index (χ2n) is 3.69. The van der Waals surface area contributed by atoms with Crippen molar-refractivity contribution in [2.45, 2.75) is 39.0 Å². The van der Waals surface area contributed by atoms with Gasteiger partial charge in [-0.25, -0.2) is 5.84 Å². The van der Waals surface area contributed by atoms with Crippen LogP contribution in [0, 0.1) is 0 Å². The molecule has 0 aromatic carbocycles. The summed E-state index contributed by atoms with van der Waals surface area (Å²) in [5.74, 6) is 5.28. The van der Waals surface area contributed by atoms with Gasteiger partial charge in [-0.05, 0) is 20.8 Å². The zero-order chi connectivity index (χ0) is 8.65. The Kier molecular flexibility index (Phi) is 1.90. The highest BCUT2D eigenvalue weighted by atomic mass is 16.5. The van der Waals surface area contributed by atoms with Crippen molar-refractivity contribution in [2.24, 2.45) is 5.84 Å². The van der Waals surface area contributed by atoms with Crippen LogP contribution in [0.25, 0.3) is 0 Å². The van der Waals surface area contributed by atoms with Crippen molar-refractivity contribution in [3.8, 4) is 0 Å². The fraction of sp³-hybridized carbons (Fsp3) is 0.857. The number of carbonyl (C=O) groups excluding carboxylic acids is 1. The molecule has 0 bridgehead atoms. The van der Waals surface area contributed by atoms with Crippen LogP contribution in [0.2, 0.25) is 0 Å². The molecule has 2 N–H and O–H groups in total. The Morgan fingerprint density at radius 2 is 2.18 bits per heavy atom. The lowest BCUT2D eigenvalue weighted by Crippen LogP contribution is -2.59. The summed E-state index contributed by atoms with van der Waals surface area (Å²) in [4.78, 5) is 10.6. The summed E-state index contributed by atoms with van der Waals surface area (Å²) in [6.07, 6.45) is 0.191. The van der Waals surface area contributed by atoms with E-state index in [0.29, 0.717) is 6.42 Å². The Bertz CT molecular complexity index is 174. The smallest absolute Gasteiger partial charge is 0.243 e. The molecule has 1 aliphatic heterocycles. The number of carbonyl (C=O) groups is 1. The van der Waals surface area contributed by atoms with E-state index < -0.39 is 0 Å². The first kappa shape index (κ1) is 8.49. The van der Waals surface area contributed by atoms with Gasteiger partial charge in [-0.3, -0.25) is 9.80 Å². The van der Waals surface area contributed by atoms with Crippen molar-refractivity contribution in [1.82, 2.24) is 5.01 Å². The number of hydrazine groups is 1. The first-order valence-electron chi connectivity index (χ1n) is 3.65. The number of β-lactam (4-membered cyclic amide) rings is 1. The first-order valence-corrected chi connectivity index (χ1v) is 3.65. The van der Waals surface area contributed by atoms with Gasteiger partial charge in [0, 0.05) is 0 Å². The molecule has 0 aromatic heterocycles. The molecule has 0 spiro atoms. The maximum atomic E-state index is 10.6. The molecule has 1 unspecified atom stereocenters. The van der Waals surface area contributed by atoms with Gasteiger partial charge >= 0.3 is 0 Å². The zero-order valence-electron chi connectivity index (χ0n) is 7.13. The summed E-state index contributed by atoms with van der Waals surface area (Å²) in [5.41, 5.74) is -0.233. The van der Waals surface area contributed by atoms with Crippen LogP contribution in [0.5, 0.6) is 0 Å². The summed E-state index contributed by atoms with van der Waals surface area (Å²) in [7, 11) is 0. The maximum absolute atomic E-state index is 10.6. The van der Waals surface area contributed by atoms with Gasteiger partial charge in [0.1, 0.15) is 0 Å². The molecule has 0 aliphatic carbocycles. The third-order valence-electron chi connectivity index (χ3n) is 1.44. The third-order valence-corrected chi connectivity index (χ3v) is 1.44. The van der Waals surface area contributed by atoms with Crippen molar-refractivity contribution in [3.05, 3.63) is 0 Å². The molecular formula is C7H14N2O2. The van der Waals surface area contributed by atoms with Crippen molar-refractivity contribution >= 4 is 5.91 Å². The predicted molar refractivity (Wildman–Crippen MR) is 40.3 cm³/mol. The summed E-state index contributed by atoms with van der Waals surface area (Å²) < 4.78 is 5.44. The van der Waals surface area contributed by atoms with E-state index in [1.54, 1.807) is 0 Å². The van der Waals surface area contributed by atoms with Crippen LogP contribution in [0.15, 0.2) is 0 Å². The zero-order valence-corrected chi connectivity index (χ0v) is 7.13. The molecule has 1 fully saturated rings. The lowest BCUT2D eigenvalue weighted by molar-refractivity contribution is -0.195. The van der Waals surface area contributed by atoms with E-state index in [4.69, 9.17) is 10.6 Å². The van der Waals surface area contributed by atoms with Gasteiger partial charge in [-0.2, -0.15) is 0 Å². The molecule has 0 radical (unpaired) electrons. The Labute approximate surface area is 66.3 Å². The van der Waals surface area contributed by atoms with Crippen molar-refractivity contribution in [1.29, 1.82) is 0 Å². The SMILES string of the molecule is CC(C)(C)OC1CC(=O)N1N. The molecule has 4 heteroatoms. The summed E-state index contributed by atoms with van der Waals surface area (Å²) in [6, 6.07) is 0. The predicted octanol–water partition coefficient (Wildman–Crippen LogP) is 0.234. The van der Waals surface area contributed by atoms with Gasteiger partial charge in [-0.15, -0.1) is 0 Å². The minimum atomic E-state index is -0.233. The molecule has 4 nitrogen and oxygen atoms in total. The van der Waals surface area contributed by atoms with Crippen molar-refractivity contribution in [3.63, 3.8) is 0 Å². The fourth-order valence-corrected chi connectivity index (χ4v) is 0.908. The molecule has 1 rings (SSSR count).